The van der Waals surface area contributed by atoms with Gasteiger partial charge >= 0.3 is 0 Å². The molecule has 1 aromatic carbocycles. The fraction of sp³-hybridized carbons (Fsp3) is 0.455. The van der Waals surface area contributed by atoms with Crippen molar-refractivity contribution in [3.8, 4) is 17.3 Å². The molecule has 3 heterocycles. The van der Waals surface area contributed by atoms with E-state index in [2.05, 4.69) is 25.0 Å². The molecule has 1 aliphatic rings. The molecule has 1 aliphatic heterocycles. The van der Waals surface area contributed by atoms with Gasteiger partial charge in [-0.05, 0) is 71.0 Å². The lowest BCUT2D eigenvalue weighted by Crippen LogP contribution is -2.33. The Bertz CT molecular complexity index is 976. The van der Waals surface area contributed by atoms with E-state index in [0.717, 1.165) is 37.2 Å². The van der Waals surface area contributed by atoms with Gasteiger partial charge < -0.3 is 9.26 Å². The molecule has 158 valence electrons. The number of benzene rings is 1. The molecule has 0 unspecified atom stereocenters. The second-order valence-electron chi connectivity index (χ2n) is 8.54. The summed E-state index contributed by atoms with van der Waals surface area (Å²) in [6, 6.07) is 6.11. The van der Waals surface area contributed by atoms with Crippen LogP contribution in [0.2, 0.25) is 0 Å². The minimum Gasteiger partial charge on any atom is -0.471 e. The number of aromatic nitrogens is 4. The highest BCUT2D eigenvalue weighted by atomic mass is 19.1. The van der Waals surface area contributed by atoms with Crippen molar-refractivity contribution in [2.45, 2.75) is 51.7 Å². The maximum absolute atomic E-state index is 13.1. The van der Waals surface area contributed by atoms with Crippen molar-refractivity contribution < 1.29 is 13.7 Å². The summed E-state index contributed by atoms with van der Waals surface area (Å²) in [4.78, 5) is 15.7. The third kappa shape index (κ3) is 4.99. The topological polar surface area (TPSA) is 77.2 Å². The molecule has 3 aromatic rings. The zero-order valence-corrected chi connectivity index (χ0v) is 17.5. The first-order chi connectivity index (χ1) is 14.4. The summed E-state index contributed by atoms with van der Waals surface area (Å²) < 4.78 is 24.6. The van der Waals surface area contributed by atoms with Crippen LogP contribution in [-0.2, 0) is 6.54 Å². The molecule has 2 aromatic heterocycles. The molecule has 0 aliphatic carbocycles. The van der Waals surface area contributed by atoms with E-state index < -0.39 is 0 Å². The molecule has 30 heavy (non-hydrogen) atoms. The lowest BCUT2D eigenvalue weighted by atomic mass is 9.96. The van der Waals surface area contributed by atoms with Crippen molar-refractivity contribution in [3.63, 3.8) is 0 Å². The van der Waals surface area contributed by atoms with Gasteiger partial charge in [0.25, 0.3) is 0 Å². The van der Waals surface area contributed by atoms with E-state index in [0.29, 0.717) is 24.1 Å². The van der Waals surface area contributed by atoms with E-state index in [-0.39, 0.29) is 17.3 Å². The summed E-state index contributed by atoms with van der Waals surface area (Å²) in [5.74, 6) is 1.67. The standard InChI is InChI=1S/C22H26FN5O2/c1-22(2,3)29-21-18(24-10-11-25-21)14-28-12-8-16(9-13-28)20-26-19(27-30-20)15-4-6-17(23)7-5-15/h4-7,10-11,16H,8-9,12-14H2,1-3H3. The van der Waals surface area contributed by atoms with Gasteiger partial charge in [-0.3, -0.25) is 9.88 Å². The largest absolute Gasteiger partial charge is 0.471 e. The number of rotatable bonds is 5. The van der Waals surface area contributed by atoms with Gasteiger partial charge in [0, 0.05) is 30.4 Å². The van der Waals surface area contributed by atoms with Crippen LogP contribution < -0.4 is 4.74 Å². The number of hydrogen-bond donors (Lipinski definition) is 0. The average Bonchev–Trinajstić information content (AvgIpc) is 3.20. The summed E-state index contributed by atoms with van der Waals surface area (Å²) in [6.07, 6.45) is 5.19. The Labute approximate surface area is 175 Å². The average molecular weight is 411 g/mol. The second-order valence-corrected chi connectivity index (χ2v) is 8.54. The van der Waals surface area contributed by atoms with Crippen LogP contribution in [0.15, 0.2) is 41.2 Å². The van der Waals surface area contributed by atoms with Crippen LogP contribution in [0.1, 0.15) is 51.1 Å². The van der Waals surface area contributed by atoms with Gasteiger partial charge in [0.1, 0.15) is 17.1 Å². The van der Waals surface area contributed by atoms with Gasteiger partial charge in [0.2, 0.25) is 17.6 Å². The quantitative estimate of drug-likeness (QED) is 0.622. The molecule has 0 spiro atoms. The lowest BCUT2D eigenvalue weighted by Gasteiger charge is -2.30. The fourth-order valence-corrected chi connectivity index (χ4v) is 3.50. The summed E-state index contributed by atoms with van der Waals surface area (Å²) in [5.41, 5.74) is 1.28. The molecule has 8 heteroatoms. The van der Waals surface area contributed by atoms with Crippen LogP contribution in [0.3, 0.4) is 0 Å². The van der Waals surface area contributed by atoms with Crippen LogP contribution in [-0.4, -0.2) is 43.7 Å². The van der Waals surface area contributed by atoms with Gasteiger partial charge in [-0.15, -0.1) is 0 Å². The minimum atomic E-state index is -0.321. The van der Waals surface area contributed by atoms with E-state index >= 15 is 0 Å². The molecule has 0 saturated carbocycles. The van der Waals surface area contributed by atoms with Crippen LogP contribution in [0.4, 0.5) is 4.39 Å². The predicted molar refractivity (Wildman–Crippen MR) is 109 cm³/mol. The number of ether oxygens (including phenoxy) is 1. The number of halogens is 1. The van der Waals surface area contributed by atoms with Crippen molar-refractivity contribution in [1.82, 2.24) is 25.0 Å². The molecule has 0 amide bonds. The van der Waals surface area contributed by atoms with Crippen molar-refractivity contribution >= 4 is 0 Å². The number of nitrogens with zero attached hydrogens (tertiary/aromatic N) is 5. The third-order valence-corrected chi connectivity index (χ3v) is 4.99. The Morgan fingerprint density at radius 2 is 1.80 bits per heavy atom. The van der Waals surface area contributed by atoms with Crippen molar-refractivity contribution in [2.75, 3.05) is 13.1 Å². The van der Waals surface area contributed by atoms with Gasteiger partial charge in [0.05, 0.1) is 0 Å². The summed E-state index contributed by atoms with van der Waals surface area (Å²) in [5, 5.41) is 4.07. The Kier molecular flexibility index (Phi) is 5.76. The Hall–Kier alpha value is -2.87. The maximum Gasteiger partial charge on any atom is 0.237 e. The minimum absolute atomic E-state index is 0.218. The number of likely N-dealkylation sites (tertiary alicyclic amines) is 1. The number of hydrogen-bond acceptors (Lipinski definition) is 7. The van der Waals surface area contributed by atoms with E-state index in [1.54, 1.807) is 24.5 Å². The van der Waals surface area contributed by atoms with Crippen LogP contribution in [0, 0.1) is 5.82 Å². The van der Waals surface area contributed by atoms with Crippen LogP contribution in [0.5, 0.6) is 5.88 Å². The van der Waals surface area contributed by atoms with E-state index in [4.69, 9.17) is 9.26 Å². The lowest BCUT2D eigenvalue weighted by molar-refractivity contribution is 0.117. The molecule has 0 N–H and O–H groups in total. The highest BCUT2D eigenvalue weighted by Crippen LogP contribution is 2.30. The van der Waals surface area contributed by atoms with E-state index in [1.165, 1.54) is 12.1 Å². The van der Waals surface area contributed by atoms with Crippen molar-refractivity contribution in [2.24, 2.45) is 0 Å². The highest BCUT2D eigenvalue weighted by Gasteiger charge is 2.27. The van der Waals surface area contributed by atoms with Crippen LogP contribution in [0.25, 0.3) is 11.4 Å². The van der Waals surface area contributed by atoms with Gasteiger partial charge in [-0.1, -0.05) is 5.16 Å². The first-order valence-corrected chi connectivity index (χ1v) is 10.2. The Morgan fingerprint density at radius 1 is 1.10 bits per heavy atom. The van der Waals surface area contributed by atoms with Gasteiger partial charge in [-0.25, -0.2) is 9.37 Å². The van der Waals surface area contributed by atoms with Gasteiger partial charge in [-0.2, -0.15) is 4.98 Å². The Morgan fingerprint density at radius 3 is 2.50 bits per heavy atom. The smallest absolute Gasteiger partial charge is 0.237 e. The Balaban J connectivity index is 1.37. The second kappa shape index (κ2) is 8.47. The molecule has 4 rings (SSSR count). The first-order valence-electron chi connectivity index (χ1n) is 10.2. The SMILES string of the molecule is CC(C)(C)Oc1nccnc1CN1CCC(c2nc(-c3ccc(F)cc3)no2)CC1. The van der Waals surface area contributed by atoms with Gasteiger partial charge in [0.15, 0.2) is 0 Å². The van der Waals surface area contributed by atoms with Crippen molar-refractivity contribution in [3.05, 3.63) is 54.1 Å². The molecular weight excluding hydrogens is 385 g/mol. The molecule has 1 saturated heterocycles. The van der Waals surface area contributed by atoms with E-state index in [1.807, 2.05) is 20.8 Å². The maximum atomic E-state index is 13.1. The molecule has 1 fully saturated rings. The molecule has 0 bridgehead atoms. The first kappa shape index (κ1) is 20.4. The van der Waals surface area contributed by atoms with Crippen molar-refractivity contribution in [1.29, 1.82) is 0 Å². The third-order valence-electron chi connectivity index (χ3n) is 4.99. The zero-order valence-electron chi connectivity index (χ0n) is 17.5. The predicted octanol–water partition coefficient (Wildman–Crippen LogP) is 4.22. The highest BCUT2D eigenvalue weighted by molar-refractivity contribution is 5.53. The molecular formula is C22H26FN5O2. The summed E-state index contributed by atoms with van der Waals surface area (Å²) >= 11 is 0. The number of piperidine rings is 1. The summed E-state index contributed by atoms with van der Waals surface area (Å²) in [7, 11) is 0. The monoisotopic (exact) mass is 411 g/mol. The normalized spacial score (nSPS) is 16.0. The van der Waals surface area contributed by atoms with Crippen LogP contribution >= 0.6 is 0 Å². The van der Waals surface area contributed by atoms with E-state index in [9.17, 15) is 4.39 Å². The zero-order chi connectivity index (χ0) is 21.1. The molecule has 0 radical (unpaired) electrons. The molecule has 0 atom stereocenters. The molecule has 7 nitrogen and oxygen atoms in total. The summed E-state index contributed by atoms with van der Waals surface area (Å²) in [6.45, 7) is 8.48. The fourth-order valence-electron chi connectivity index (χ4n) is 3.50.